The van der Waals surface area contributed by atoms with E-state index < -0.39 is 5.92 Å². The molecule has 0 saturated heterocycles. The van der Waals surface area contributed by atoms with Crippen LogP contribution in [0.4, 0.5) is 5.69 Å². The van der Waals surface area contributed by atoms with E-state index in [0.29, 0.717) is 45.5 Å². The number of ketones is 1. The van der Waals surface area contributed by atoms with Crippen molar-refractivity contribution in [2.75, 3.05) is 10.7 Å². The number of halogens is 2. The molecule has 0 bridgehead atoms. The van der Waals surface area contributed by atoms with Gasteiger partial charge >= 0.3 is 0 Å². The highest BCUT2D eigenvalue weighted by Crippen LogP contribution is 2.52. The normalized spacial score (nSPS) is 20.4. The first kappa shape index (κ1) is 23.3. The summed E-state index contributed by atoms with van der Waals surface area (Å²) in [7, 11) is 0. The third-order valence-corrected chi connectivity index (χ3v) is 8.68. The first-order valence-electron chi connectivity index (χ1n) is 10.3. The molecule has 0 saturated carbocycles. The van der Waals surface area contributed by atoms with Crippen molar-refractivity contribution in [1.82, 2.24) is 0 Å². The summed E-state index contributed by atoms with van der Waals surface area (Å²) in [6.45, 7) is 6.26. The Balaban J connectivity index is 2.00. The van der Waals surface area contributed by atoms with Gasteiger partial charge in [-0.3, -0.25) is 9.69 Å². The smallest absolute Gasteiger partial charge is 0.162 e. The van der Waals surface area contributed by atoms with Crippen LogP contribution in [0.5, 0.6) is 0 Å². The summed E-state index contributed by atoms with van der Waals surface area (Å²) in [6, 6.07) is 9.59. The van der Waals surface area contributed by atoms with Crippen LogP contribution in [0.15, 0.2) is 56.5 Å². The zero-order chi connectivity index (χ0) is 23.2. The number of nitrogens with zero attached hydrogens (tertiary/aromatic N) is 2. The van der Waals surface area contributed by atoms with Gasteiger partial charge in [-0.2, -0.15) is 5.26 Å². The predicted molar refractivity (Wildman–Crippen MR) is 134 cm³/mol. The van der Waals surface area contributed by atoms with Crippen LogP contribution in [-0.4, -0.2) is 11.5 Å². The second-order valence-corrected chi connectivity index (χ2v) is 11.9. The van der Waals surface area contributed by atoms with E-state index in [1.54, 1.807) is 35.2 Å². The molecule has 4 nitrogen and oxygen atoms in total. The third kappa shape index (κ3) is 3.97. The number of rotatable bonds is 4. The summed E-state index contributed by atoms with van der Waals surface area (Å²) in [5, 5.41) is 13.0. The Kier molecular flexibility index (Phi) is 6.39. The fourth-order valence-corrected chi connectivity index (χ4v) is 6.87. The molecule has 8 heteroatoms. The van der Waals surface area contributed by atoms with Gasteiger partial charge < -0.3 is 5.73 Å². The molecule has 166 valence electrons. The number of nitrogens with two attached hydrogens (primary N) is 1. The number of carbonyl (C=O) groups excluding carboxylic acids is 1. The Morgan fingerprint density at radius 1 is 1.28 bits per heavy atom. The summed E-state index contributed by atoms with van der Waals surface area (Å²) < 4.78 is 1.12. The Morgan fingerprint density at radius 2 is 2.03 bits per heavy atom. The van der Waals surface area contributed by atoms with Gasteiger partial charge in [0.15, 0.2) is 5.78 Å². The summed E-state index contributed by atoms with van der Waals surface area (Å²) in [5.74, 6) is 0.839. The molecule has 1 unspecified atom stereocenters. The van der Waals surface area contributed by atoms with Crippen LogP contribution in [0.2, 0.25) is 10.0 Å². The third-order valence-electron chi connectivity index (χ3n) is 5.79. The summed E-state index contributed by atoms with van der Waals surface area (Å²) in [6.07, 6.45) is 1.08. The molecular weight excluding hydrogens is 481 g/mol. The Hall–Kier alpha value is -1.91. The van der Waals surface area contributed by atoms with Crippen molar-refractivity contribution in [1.29, 1.82) is 5.26 Å². The first-order chi connectivity index (χ1) is 15.2. The minimum absolute atomic E-state index is 0.0604. The Morgan fingerprint density at radius 3 is 2.69 bits per heavy atom. The second kappa shape index (κ2) is 8.79. The topological polar surface area (TPSA) is 70.1 Å². The highest BCUT2D eigenvalue weighted by Gasteiger charge is 2.45. The number of hydrogen-bond acceptors (Lipinski definition) is 6. The standard InChI is InChI=1S/C24H23Cl2N3OS2/c1-4-31-23-14(7-8-32-23)20-15(12-27)22(28)29(13-5-6-16(25)17(26)9-13)18-10-24(2,3)11-19(30)21(18)20/h5-9,20H,4,10-11,28H2,1-3H3. The van der Waals surface area contributed by atoms with Crippen LogP contribution in [-0.2, 0) is 4.79 Å². The molecule has 2 heterocycles. The SMILES string of the molecule is CCSc1sccc1C1C(C#N)=C(N)N(c2ccc(Cl)c(Cl)c2)C2=C1C(=O)CC(C)(C)C2. The van der Waals surface area contributed by atoms with Gasteiger partial charge in [-0.25, -0.2) is 0 Å². The maximum absolute atomic E-state index is 13.6. The number of Topliss-reactive ketones (excluding diaryl/α,β-unsaturated/α-hetero) is 1. The quantitative estimate of drug-likeness (QED) is 0.450. The lowest BCUT2D eigenvalue weighted by Crippen LogP contribution is -2.42. The molecule has 2 aromatic rings. The number of thiophene rings is 1. The van der Waals surface area contributed by atoms with Crippen LogP contribution in [0.3, 0.4) is 0 Å². The van der Waals surface area contributed by atoms with Crippen molar-refractivity contribution in [3.63, 3.8) is 0 Å². The average molecular weight is 505 g/mol. The van der Waals surface area contributed by atoms with E-state index >= 15 is 0 Å². The molecule has 32 heavy (non-hydrogen) atoms. The lowest BCUT2D eigenvalue weighted by Gasteiger charge is -2.43. The fraction of sp³-hybridized carbons (Fsp3) is 0.333. The molecule has 1 aliphatic heterocycles. The highest BCUT2D eigenvalue weighted by molar-refractivity contribution is 8.01. The van der Waals surface area contributed by atoms with E-state index in [0.717, 1.165) is 21.2 Å². The summed E-state index contributed by atoms with van der Waals surface area (Å²) in [4.78, 5) is 15.4. The molecule has 0 amide bonds. The molecular formula is C24H23Cl2N3OS2. The number of benzene rings is 1. The van der Waals surface area contributed by atoms with Crippen molar-refractivity contribution in [2.24, 2.45) is 11.1 Å². The van der Waals surface area contributed by atoms with E-state index in [2.05, 4.69) is 26.8 Å². The molecule has 0 fully saturated rings. The maximum atomic E-state index is 13.6. The lowest BCUT2D eigenvalue weighted by molar-refractivity contribution is -0.118. The minimum Gasteiger partial charge on any atom is -0.384 e. The van der Waals surface area contributed by atoms with Crippen LogP contribution in [0.1, 0.15) is 45.1 Å². The molecule has 1 aromatic carbocycles. The Labute approximate surface area is 206 Å². The number of allylic oxidation sites excluding steroid dienone is 3. The van der Waals surface area contributed by atoms with Crippen molar-refractivity contribution in [3.05, 3.63) is 67.9 Å². The molecule has 2 aliphatic rings. The van der Waals surface area contributed by atoms with Gasteiger partial charge in [0, 0.05) is 23.4 Å². The molecule has 1 aromatic heterocycles. The lowest BCUT2D eigenvalue weighted by atomic mass is 9.69. The van der Waals surface area contributed by atoms with Gasteiger partial charge in [-0.15, -0.1) is 23.1 Å². The number of carbonyl (C=O) groups is 1. The van der Waals surface area contributed by atoms with Gasteiger partial charge in [0.05, 0.1) is 31.8 Å². The van der Waals surface area contributed by atoms with Crippen LogP contribution >= 0.6 is 46.3 Å². The zero-order valence-electron chi connectivity index (χ0n) is 18.0. The van der Waals surface area contributed by atoms with E-state index in [9.17, 15) is 10.1 Å². The molecule has 1 aliphatic carbocycles. The van der Waals surface area contributed by atoms with Gasteiger partial charge in [0.2, 0.25) is 0 Å². The maximum Gasteiger partial charge on any atom is 0.162 e. The van der Waals surface area contributed by atoms with Gasteiger partial charge in [0.1, 0.15) is 5.82 Å². The average Bonchev–Trinajstić information content (AvgIpc) is 3.17. The molecule has 1 atom stereocenters. The number of anilines is 1. The van der Waals surface area contributed by atoms with Crippen LogP contribution in [0.25, 0.3) is 0 Å². The van der Waals surface area contributed by atoms with Crippen molar-refractivity contribution in [3.8, 4) is 6.07 Å². The first-order valence-corrected chi connectivity index (χ1v) is 12.9. The number of thioether (sulfide) groups is 1. The summed E-state index contributed by atoms with van der Waals surface area (Å²) >= 11 is 15.8. The van der Waals surface area contributed by atoms with Crippen molar-refractivity contribution >= 4 is 57.8 Å². The van der Waals surface area contributed by atoms with Crippen molar-refractivity contribution < 1.29 is 4.79 Å². The molecule has 4 rings (SSSR count). The summed E-state index contributed by atoms with van der Waals surface area (Å²) in [5.41, 5.74) is 10.0. The number of nitriles is 1. The fourth-order valence-electron chi connectivity index (χ4n) is 4.51. The molecule has 2 N–H and O–H groups in total. The van der Waals surface area contributed by atoms with E-state index in [1.165, 1.54) is 0 Å². The Bertz CT molecular complexity index is 1210. The van der Waals surface area contributed by atoms with E-state index in [1.807, 2.05) is 22.4 Å². The van der Waals surface area contributed by atoms with Crippen LogP contribution < -0.4 is 10.6 Å². The zero-order valence-corrected chi connectivity index (χ0v) is 21.2. The molecule has 0 spiro atoms. The van der Waals surface area contributed by atoms with E-state index in [-0.39, 0.29) is 11.2 Å². The number of hydrogen-bond donors (Lipinski definition) is 1. The van der Waals surface area contributed by atoms with Gasteiger partial charge in [0.25, 0.3) is 0 Å². The molecule has 0 radical (unpaired) electrons. The van der Waals surface area contributed by atoms with Crippen LogP contribution in [0, 0.1) is 16.7 Å². The van der Waals surface area contributed by atoms with Crippen molar-refractivity contribution in [2.45, 2.75) is 43.7 Å². The predicted octanol–water partition coefficient (Wildman–Crippen LogP) is 7.11. The van der Waals surface area contributed by atoms with Gasteiger partial charge in [-0.05, 0) is 52.8 Å². The minimum atomic E-state index is -0.460. The monoisotopic (exact) mass is 503 g/mol. The largest absolute Gasteiger partial charge is 0.384 e. The highest BCUT2D eigenvalue weighted by atomic mass is 35.5. The van der Waals surface area contributed by atoms with Gasteiger partial charge in [-0.1, -0.05) is 44.0 Å². The van der Waals surface area contributed by atoms with E-state index in [4.69, 9.17) is 28.9 Å². The second-order valence-electron chi connectivity index (χ2n) is 8.68.